The highest BCUT2D eigenvalue weighted by molar-refractivity contribution is 6.14. The highest BCUT2D eigenvalue weighted by Gasteiger charge is 2.14. The molecule has 0 aromatic heterocycles. The van der Waals surface area contributed by atoms with E-state index < -0.39 is 0 Å². The zero-order valence-corrected chi connectivity index (χ0v) is 8.94. The van der Waals surface area contributed by atoms with E-state index in [4.69, 9.17) is 15.8 Å². The molecule has 0 saturated carbocycles. The molecular formula is C12H8N4. The van der Waals surface area contributed by atoms with Gasteiger partial charge >= 0.3 is 0 Å². The lowest BCUT2D eigenvalue weighted by Crippen LogP contribution is -2.07. The molecule has 76 valence electrons. The molecule has 0 amide bonds. The Bertz CT molecular complexity index is 526. The molecule has 0 aromatic rings. The van der Waals surface area contributed by atoms with E-state index in [-0.39, 0.29) is 5.57 Å². The summed E-state index contributed by atoms with van der Waals surface area (Å²) in [6, 6.07) is 3.67. The number of aliphatic imine (C=N–C) groups is 1. The summed E-state index contributed by atoms with van der Waals surface area (Å²) in [6.07, 6.45) is 5.10. The van der Waals surface area contributed by atoms with Gasteiger partial charge in [0.2, 0.25) is 6.19 Å². The Kier molecular flexibility index (Phi) is 3.38. The van der Waals surface area contributed by atoms with Crippen LogP contribution in [0.25, 0.3) is 0 Å². The van der Waals surface area contributed by atoms with Gasteiger partial charge in [-0.15, -0.1) is 0 Å². The van der Waals surface area contributed by atoms with Crippen LogP contribution < -0.4 is 0 Å². The van der Waals surface area contributed by atoms with Gasteiger partial charge in [0.25, 0.3) is 0 Å². The molecule has 0 N–H and O–H groups in total. The normalized spacial score (nSPS) is 13.9. The SMILES string of the molecule is CC1=CC(=C(C#N)C#N)C=C(C)C1=NC#N. The Balaban J connectivity index is 3.38. The Morgan fingerprint density at radius 3 is 1.94 bits per heavy atom. The van der Waals surface area contributed by atoms with Crippen molar-refractivity contribution in [1.82, 2.24) is 0 Å². The van der Waals surface area contributed by atoms with E-state index in [0.29, 0.717) is 11.3 Å². The molecule has 0 atom stereocenters. The summed E-state index contributed by atoms with van der Waals surface area (Å²) in [5, 5.41) is 26.0. The van der Waals surface area contributed by atoms with Crippen LogP contribution in [0.5, 0.6) is 0 Å². The van der Waals surface area contributed by atoms with E-state index in [1.54, 1.807) is 32.2 Å². The van der Waals surface area contributed by atoms with Gasteiger partial charge in [-0.25, -0.2) is 0 Å². The van der Waals surface area contributed by atoms with Crippen molar-refractivity contribution >= 4 is 5.71 Å². The largest absolute Gasteiger partial charge is 0.206 e. The van der Waals surface area contributed by atoms with Crippen molar-refractivity contribution < 1.29 is 0 Å². The molecule has 0 radical (unpaired) electrons. The van der Waals surface area contributed by atoms with E-state index in [9.17, 15) is 0 Å². The van der Waals surface area contributed by atoms with E-state index in [0.717, 1.165) is 11.1 Å². The maximum Gasteiger partial charge on any atom is 0.206 e. The van der Waals surface area contributed by atoms with Gasteiger partial charge in [-0.1, -0.05) is 0 Å². The first kappa shape index (κ1) is 11.4. The predicted octanol–water partition coefficient (Wildman–Crippen LogP) is 2.16. The summed E-state index contributed by atoms with van der Waals surface area (Å²) in [5.41, 5.74) is 2.78. The van der Waals surface area contributed by atoms with Crippen molar-refractivity contribution in [3.05, 3.63) is 34.4 Å². The average molecular weight is 208 g/mol. The molecular weight excluding hydrogens is 200 g/mol. The fourth-order valence-electron chi connectivity index (χ4n) is 1.48. The smallest absolute Gasteiger partial charge is 0.192 e. The lowest BCUT2D eigenvalue weighted by atomic mass is 9.92. The second-order valence-corrected chi connectivity index (χ2v) is 3.27. The van der Waals surface area contributed by atoms with Crippen LogP contribution in [0.15, 0.2) is 39.4 Å². The second-order valence-electron chi connectivity index (χ2n) is 3.27. The summed E-state index contributed by atoms with van der Waals surface area (Å²) in [5.74, 6) is 0. The van der Waals surface area contributed by atoms with Crippen molar-refractivity contribution in [2.75, 3.05) is 0 Å². The van der Waals surface area contributed by atoms with Crippen LogP contribution >= 0.6 is 0 Å². The van der Waals surface area contributed by atoms with Crippen LogP contribution in [0.1, 0.15) is 13.8 Å². The summed E-state index contributed by atoms with van der Waals surface area (Å²) >= 11 is 0. The van der Waals surface area contributed by atoms with Gasteiger partial charge in [0, 0.05) is 5.57 Å². The molecule has 4 nitrogen and oxygen atoms in total. The van der Waals surface area contributed by atoms with Gasteiger partial charge in [0.1, 0.15) is 17.7 Å². The molecule has 0 saturated heterocycles. The minimum Gasteiger partial charge on any atom is -0.192 e. The third-order valence-electron chi connectivity index (χ3n) is 2.17. The quantitative estimate of drug-likeness (QED) is 0.451. The monoisotopic (exact) mass is 208 g/mol. The van der Waals surface area contributed by atoms with Crippen molar-refractivity contribution in [2.45, 2.75) is 13.8 Å². The van der Waals surface area contributed by atoms with Crippen molar-refractivity contribution in [1.29, 1.82) is 15.8 Å². The van der Waals surface area contributed by atoms with Crippen LogP contribution in [-0.2, 0) is 0 Å². The molecule has 1 aliphatic carbocycles. The van der Waals surface area contributed by atoms with Crippen LogP contribution in [-0.4, -0.2) is 5.71 Å². The van der Waals surface area contributed by atoms with Gasteiger partial charge in [-0.3, -0.25) is 0 Å². The van der Waals surface area contributed by atoms with Gasteiger partial charge in [0.15, 0.2) is 0 Å². The second kappa shape index (κ2) is 4.73. The summed E-state index contributed by atoms with van der Waals surface area (Å²) in [6.45, 7) is 3.58. The number of nitriles is 3. The zero-order valence-electron chi connectivity index (χ0n) is 8.94. The van der Waals surface area contributed by atoms with Gasteiger partial charge < -0.3 is 0 Å². The molecule has 0 fully saturated rings. The van der Waals surface area contributed by atoms with Gasteiger partial charge in [0.05, 0.1) is 5.71 Å². The van der Waals surface area contributed by atoms with Crippen LogP contribution in [0, 0.1) is 34.1 Å². The molecule has 0 heterocycles. The molecule has 4 heteroatoms. The number of hydrogen-bond acceptors (Lipinski definition) is 4. The minimum absolute atomic E-state index is 0.0645. The molecule has 0 unspecified atom stereocenters. The van der Waals surface area contributed by atoms with Gasteiger partial charge in [-0.2, -0.15) is 20.8 Å². The highest BCUT2D eigenvalue weighted by atomic mass is 14.7. The Labute approximate surface area is 93.8 Å². The average Bonchev–Trinajstić information content (AvgIpc) is 2.25. The molecule has 1 rings (SSSR count). The van der Waals surface area contributed by atoms with E-state index in [1.807, 2.05) is 12.1 Å². The van der Waals surface area contributed by atoms with E-state index >= 15 is 0 Å². The third-order valence-corrected chi connectivity index (χ3v) is 2.17. The molecule has 0 spiro atoms. The molecule has 0 aromatic carbocycles. The molecule has 0 bridgehead atoms. The number of rotatable bonds is 0. The van der Waals surface area contributed by atoms with Gasteiger partial charge in [-0.05, 0) is 37.1 Å². The minimum atomic E-state index is 0.0645. The first-order chi connectivity index (χ1) is 7.63. The number of allylic oxidation sites excluding steroid dienone is 6. The molecule has 16 heavy (non-hydrogen) atoms. The summed E-state index contributed by atoms with van der Waals surface area (Å²) in [4.78, 5) is 3.69. The predicted molar refractivity (Wildman–Crippen MR) is 58.8 cm³/mol. The van der Waals surface area contributed by atoms with E-state index in [1.165, 1.54) is 0 Å². The Hall–Kier alpha value is -2.64. The van der Waals surface area contributed by atoms with Crippen LogP contribution in [0.3, 0.4) is 0 Å². The first-order valence-electron chi connectivity index (χ1n) is 4.52. The van der Waals surface area contributed by atoms with Crippen LogP contribution in [0.2, 0.25) is 0 Å². The van der Waals surface area contributed by atoms with Crippen LogP contribution in [0.4, 0.5) is 0 Å². The Morgan fingerprint density at radius 2 is 1.56 bits per heavy atom. The van der Waals surface area contributed by atoms with Crippen molar-refractivity contribution in [3.8, 4) is 18.3 Å². The molecule has 0 aliphatic heterocycles. The lowest BCUT2D eigenvalue weighted by molar-refractivity contribution is 1.35. The molecule has 1 aliphatic rings. The van der Waals surface area contributed by atoms with Crippen molar-refractivity contribution in [2.24, 2.45) is 4.99 Å². The fraction of sp³-hybridized carbons (Fsp3) is 0.167. The van der Waals surface area contributed by atoms with E-state index in [2.05, 4.69) is 4.99 Å². The Morgan fingerprint density at radius 1 is 1.06 bits per heavy atom. The summed E-state index contributed by atoms with van der Waals surface area (Å²) < 4.78 is 0. The lowest BCUT2D eigenvalue weighted by Gasteiger charge is -2.12. The first-order valence-corrected chi connectivity index (χ1v) is 4.52. The maximum atomic E-state index is 8.75. The number of hydrogen-bond donors (Lipinski definition) is 0. The maximum absolute atomic E-state index is 8.75. The zero-order chi connectivity index (χ0) is 12.1. The number of nitrogens with zero attached hydrogens (tertiary/aromatic N) is 4. The highest BCUT2D eigenvalue weighted by Crippen LogP contribution is 2.21. The fourth-order valence-corrected chi connectivity index (χ4v) is 1.48. The van der Waals surface area contributed by atoms with Crippen molar-refractivity contribution in [3.63, 3.8) is 0 Å². The topological polar surface area (TPSA) is 83.7 Å². The standard InChI is InChI=1S/C12H8N4/c1-8-3-10(11(5-13)6-14)4-9(2)12(8)16-7-15/h3-4H,1-2H3. The third kappa shape index (κ3) is 2.05. The summed E-state index contributed by atoms with van der Waals surface area (Å²) in [7, 11) is 0.